The fraction of sp³-hybridized carbons (Fsp3) is 0.333. The highest BCUT2D eigenvalue weighted by Gasteiger charge is 2.23. The summed E-state index contributed by atoms with van der Waals surface area (Å²) in [4.78, 5) is 31.3. The number of carbonyl (C=O) groups excluding carboxylic acids is 2. The van der Waals surface area contributed by atoms with E-state index in [1.165, 1.54) is 11.1 Å². The Kier molecular flexibility index (Phi) is 7.05. The van der Waals surface area contributed by atoms with Crippen LogP contribution in [-0.2, 0) is 17.9 Å². The summed E-state index contributed by atoms with van der Waals surface area (Å²) in [5, 5.41) is 0. The molecule has 0 aromatic heterocycles. The molecule has 5 rings (SSSR count). The van der Waals surface area contributed by atoms with Crippen LogP contribution >= 0.6 is 0 Å². The average Bonchev–Trinajstić information content (AvgIpc) is 3.11. The van der Waals surface area contributed by atoms with E-state index < -0.39 is 0 Å². The van der Waals surface area contributed by atoms with Gasteiger partial charge in [0.25, 0.3) is 5.91 Å². The number of carbonyl (C=O) groups is 2. The van der Waals surface area contributed by atoms with Crippen molar-refractivity contribution < 1.29 is 14.3 Å². The third kappa shape index (κ3) is 5.44. The molecule has 2 heterocycles. The van der Waals surface area contributed by atoms with Crippen molar-refractivity contribution in [3.05, 3.63) is 89.0 Å². The van der Waals surface area contributed by atoms with Crippen molar-refractivity contribution in [3.8, 4) is 16.9 Å². The monoisotopic (exact) mass is 483 g/mol. The number of amides is 2. The van der Waals surface area contributed by atoms with E-state index in [0.717, 1.165) is 55.2 Å². The van der Waals surface area contributed by atoms with Crippen molar-refractivity contribution in [3.63, 3.8) is 0 Å². The summed E-state index contributed by atoms with van der Waals surface area (Å²) >= 11 is 0. The number of fused-ring (bicyclic) bond motifs is 1. The topological polar surface area (TPSA) is 53.1 Å². The van der Waals surface area contributed by atoms with E-state index >= 15 is 0 Å². The zero-order chi connectivity index (χ0) is 25.1. The second kappa shape index (κ2) is 10.5. The van der Waals surface area contributed by atoms with E-state index in [4.69, 9.17) is 4.74 Å². The van der Waals surface area contributed by atoms with E-state index in [2.05, 4.69) is 48.2 Å². The molecule has 3 aromatic carbocycles. The molecule has 2 aliphatic rings. The van der Waals surface area contributed by atoms with Crippen LogP contribution in [0.2, 0.25) is 0 Å². The first-order valence-electron chi connectivity index (χ1n) is 12.6. The van der Waals surface area contributed by atoms with Crippen LogP contribution in [0.25, 0.3) is 11.1 Å². The molecule has 0 bridgehead atoms. The smallest absolute Gasteiger partial charge is 0.254 e. The number of rotatable bonds is 4. The zero-order valence-electron chi connectivity index (χ0n) is 21.1. The SMILES string of the molecule is CC(=O)N1CCN(Cc2ccc3c(c2)CN(C(=O)c2cccc(-c4cccc(C)c4)c2)CCO3)CC1. The predicted octanol–water partition coefficient (Wildman–Crippen LogP) is 4.36. The second-order valence-electron chi connectivity index (χ2n) is 9.75. The fourth-order valence-corrected chi connectivity index (χ4v) is 5.04. The lowest BCUT2D eigenvalue weighted by Gasteiger charge is -2.34. The minimum atomic E-state index is 0.0201. The molecule has 36 heavy (non-hydrogen) atoms. The maximum Gasteiger partial charge on any atom is 0.254 e. The third-order valence-corrected chi connectivity index (χ3v) is 7.08. The van der Waals surface area contributed by atoms with Gasteiger partial charge in [0.15, 0.2) is 0 Å². The van der Waals surface area contributed by atoms with Gasteiger partial charge in [-0.3, -0.25) is 14.5 Å². The average molecular weight is 484 g/mol. The molecule has 0 N–H and O–H groups in total. The molecule has 1 fully saturated rings. The number of ether oxygens (including phenoxy) is 1. The molecule has 6 nitrogen and oxygen atoms in total. The summed E-state index contributed by atoms with van der Waals surface area (Å²) in [5.41, 5.74) is 6.28. The van der Waals surface area contributed by atoms with Crippen LogP contribution in [0.15, 0.2) is 66.7 Å². The van der Waals surface area contributed by atoms with Crippen LogP contribution in [0, 0.1) is 6.92 Å². The highest BCUT2D eigenvalue weighted by molar-refractivity contribution is 5.95. The minimum absolute atomic E-state index is 0.0201. The summed E-state index contributed by atoms with van der Waals surface area (Å²) in [6, 6.07) is 22.5. The van der Waals surface area contributed by atoms with Crippen LogP contribution in [0.5, 0.6) is 5.75 Å². The van der Waals surface area contributed by atoms with Crippen LogP contribution in [0.4, 0.5) is 0 Å². The fourth-order valence-electron chi connectivity index (χ4n) is 5.04. The number of hydrogen-bond donors (Lipinski definition) is 0. The summed E-state index contributed by atoms with van der Waals surface area (Å²) < 4.78 is 6.00. The van der Waals surface area contributed by atoms with Crippen LogP contribution in [0.1, 0.15) is 34.0 Å². The minimum Gasteiger partial charge on any atom is -0.491 e. The van der Waals surface area contributed by atoms with Crippen molar-refractivity contribution in [2.75, 3.05) is 39.3 Å². The maximum atomic E-state index is 13.5. The van der Waals surface area contributed by atoms with Gasteiger partial charge in [-0.05, 0) is 47.9 Å². The van der Waals surface area contributed by atoms with E-state index in [1.807, 2.05) is 40.1 Å². The largest absolute Gasteiger partial charge is 0.491 e. The van der Waals surface area contributed by atoms with Crippen molar-refractivity contribution in [1.82, 2.24) is 14.7 Å². The predicted molar refractivity (Wildman–Crippen MR) is 141 cm³/mol. The lowest BCUT2D eigenvalue weighted by molar-refractivity contribution is -0.130. The van der Waals surface area contributed by atoms with Gasteiger partial charge in [-0.2, -0.15) is 0 Å². The molecule has 2 amide bonds. The Balaban J connectivity index is 1.30. The Morgan fingerprint density at radius 1 is 0.833 bits per heavy atom. The van der Waals surface area contributed by atoms with Crippen molar-refractivity contribution >= 4 is 11.8 Å². The first-order valence-corrected chi connectivity index (χ1v) is 12.6. The number of hydrogen-bond acceptors (Lipinski definition) is 4. The van der Waals surface area contributed by atoms with E-state index in [1.54, 1.807) is 6.92 Å². The molecule has 0 unspecified atom stereocenters. The molecule has 6 heteroatoms. The number of nitrogens with zero attached hydrogens (tertiary/aromatic N) is 3. The van der Waals surface area contributed by atoms with E-state index in [0.29, 0.717) is 25.3 Å². The van der Waals surface area contributed by atoms with Gasteiger partial charge in [0.05, 0.1) is 6.54 Å². The Labute approximate surface area is 213 Å². The molecule has 0 saturated carbocycles. The summed E-state index contributed by atoms with van der Waals surface area (Å²) in [6.45, 7) is 9.36. The highest BCUT2D eigenvalue weighted by Crippen LogP contribution is 2.27. The Hall–Kier alpha value is -3.64. The standard InChI is InChI=1S/C30H33N3O3/c1-22-5-3-6-25(17-22)26-7-4-8-27(19-26)30(35)33-15-16-36-29-10-9-24(18-28(29)21-33)20-31-11-13-32(14-12-31)23(2)34/h3-10,17-19H,11-16,20-21H2,1-2H3. The van der Waals surface area contributed by atoms with Gasteiger partial charge in [-0.1, -0.05) is 48.0 Å². The van der Waals surface area contributed by atoms with E-state index in [-0.39, 0.29) is 11.8 Å². The van der Waals surface area contributed by atoms with Gasteiger partial charge >= 0.3 is 0 Å². The molecule has 2 aliphatic heterocycles. The quantitative estimate of drug-likeness (QED) is 0.553. The lowest BCUT2D eigenvalue weighted by atomic mass is 10.0. The molecule has 186 valence electrons. The third-order valence-electron chi connectivity index (χ3n) is 7.08. The summed E-state index contributed by atoms with van der Waals surface area (Å²) in [5.74, 6) is 1.02. The molecule has 0 aliphatic carbocycles. The van der Waals surface area contributed by atoms with Crippen molar-refractivity contribution in [2.45, 2.75) is 26.9 Å². The Morgan fingerprint density at radius 3 is 2.33 bits per heavy atom. The first kappa shape index (κ1) is 24.1. The molecule has 0 spiro atoms. The number of aryl methyl sites for hydroxylation is 1. The number of piperazine rings is 1. The summed E-state index contributed by atoms with van der Waals surface area (Å²) in [6.07, 6.45) is 0. The molecular formula is C30H33N3O3. The second-order valence-corrected chi connectivity index (χ2v) is 9.75. The van der Waals surface area contributed by atoms with Crippen LogP contribution < -0.4 is 4.74 Å². The maximum absolute atomic E-state index is 13.5. The van der Waals surface area contributed by atoms with Gasteiger partial charge in [-0.25, -0.2) is 0 Å². The molecule has 0 atom stereocenters. The van der Waals surface area contributed by atoms with Crippen molar-refractivity contribution in [1.29, 1.82) is 0 Å². The Bertz CT molecular complexity index is 1260. The van der Waals surface area contributed by atoms with Crippen LogP contribution in [0.3, 0.4) is 0 Å². The van der Waals surface area contributed by atoms with Crippen LogP contribution in [-0.4, -0.2) is 65.8 Å². The normalized spacial score (nSPS) is 16.2. The molecule has 1 saturated heterocycles. The van der Waals surface area contributed by atoms with Gasteiger partial charge in [-0.15, -0.1) is 0 Å². The van der Waals surface area contributed by atoms with E-state index in [9.17, 15) is 9.59 Å². The molecular weight excluding hydrogens is 450 g/mol. The van der Waals surface area contributed by atoms with Gasteiger partial charge in [0, 0.05) is 57.3 Å². The van der Waals surface area contributed by atoms with Gasteiger partial charge < -0.3 is 14.5 Å². The summed E-state index contributed by atoms with van der Waals surface area (Å²) in [7, 11) is 0. The highest BCUT2D eigenvalue weighted by atomic mass is 16.5. The van der Waals surface area contributed by atoms with Gasteiger partial charge in [0.1, 0.15) is 12.4 Å². The first-order chi connectivity index (χ1) is 17.5. The Morgan fingerprint density at radius 2 is 1.58 bits per heavy atom. The van der Waals surface area contributed by atoms with Gasteiger partial charge in [0.2, 0.25) is 5.91 Å². The molecule has 3 aromatic rings. The van der Waals surface area contributed by atoms with Crippen molar-refractivity contribution in [2.24, 2.45) is 0 Å². The zero-order valence-corrected chi connectivity index (χ0v) is 21.1. The lowest BCUT2D eigenvalue weighted by Crippen LogP contribution is -2.47. The number of benzene rings is 3. The molecule has 0 radical (unpaired) electrons.